The van der Waals surface area contributed by atoms with Crippen LogP contribution in [0.5, 0.6) is 0 Å². The highest BCUT2D eigenvalue weighted by Crippen LogP contribution is 2.34. The molecule has 0 spiro atoms. The fourth-order valence-electron chi connectivity index (χ4n) is 3.47. The summed E-state index contributed by atoms with van der Waals surface area (Å²) in [6.45, 7) is 0. The number of nitrogens with zero attached hydrogens (tertiary/aromatic N) is 4. The third-order valence-corrected chi connectivity index (χ3v) is 4.85. The van der Waals surface area contributed by atoms with Crippen molar-refractivity contribution >= 4 is 5.57 Å². The van der Waals surface area contributed by atoms with Crippen molar-refractivity contribution in [3.63, 3.8) is 0 Å². The Morgan fingerprint density at radius 3 is 1.57 bits per heavy atom. The van der Waals surface area contributed by atoms with Crippen molar-refractivity contribution in [3.8, 4) is 0 Å². The van der Waals surface area contributed by atoms with E-state index in [2.05, 4.69) is 9.97 Å². The molecule has 0 saturated carbocycles. The summed E-state index contributed by atoms with van der Waals surface area (Å²) in [6.07, 6.45) is 8.86. The van der Waals surface area contributed by atoms with Crippen molar-refractivity contribution in [2.45, 2.75) is 5.60 Å². The fraction of sp³-hybridized carbons (Fsp3) is 0.130. The van der Waals surface area contributed by atoms with Gasteiger partial charge in [-0.15, -0.1) is 0 Å². The molecule has 2 aromatic heterocycles. The van der Waals surface area contributed by atoms with Crippen LogP contribution in [0.1, 0.15) is 22.8 Å². The average Bonchev–Trinajstić information content (AvgIpc) is 3.36. The van der Waals surface area contributed by atoms with Crippen LogP contribution in [0.4, 0.5) is 0 Å². The third-order valence-electron chi connectivity index (χ3n) is 4.85. The van der Waals surface area contributed by atoms with Gasteiger partial charge in [-0.05, 0) is 22.8 Å². The summed E-state index contributed by atoms with van der Waals surface area (Å²) in [6, 6.07) is 20.1. The number of aromatic nitrogens is 4. The number of rotatable bonds is 5. The van der Waals surface area contributed by atoms with E-state index in [1.807, 2.05) is 102 Å². The molecule has 5 nitrogen and oxygen atoms in total. The smallest absolute Gasteiger partial charge is 0.200 e. The van der Waals surface area contributed by atoms with Crippen LogP contribution in [0.25, 0.3) is 5.57 Å². The molecule has 0 amide bonds. The first-order chi connectivity index (χ1) is 13.6. The Morgan fingerprint density at radius 2 is 1.21 bits per heavy atom. The van der Waals surface area contributed by atoms with Crippen LogP contribution in [0.3, 0.4) is 0 Å². The summed E-state index contributed by atoms with van der Waals surface area (Å²) in [4.78, 5) is 8.88. The molecule has 4 aromatic rings. The lowest BCUT2D eigenvalue weighted by atomic mass is 9.90. The van der Waals surface area contributed by atoms with Crippen LogP contribution in [0.2, 0.25) is 0 Å². The maximum atomic E-state index is 11.9. The summed E-state index contributed by atoms with van der Waals surface area (Å²) in [5.74, 6) is 1.01. The Bertz CT molecular complexity index is 1010. The van der Waals surface area contributed by atoms with Gasteiger partial charge >= 0.3 is 0 Å². The highest BCUT2D eigenvalue weighted by atomic mass is 16.3. The monoisotopic (exact) mass is 370 g/mol. The first kappa shape index (κ1) is 17.9. The van der Waals surface area contributed by atoms with Crippen molar-refractivity contribution < 1.29 is 5.11 Å². The van der Waals surface area contributed by atoms with Crippen molar-refractivity contribution in [2.75, 3.05) is 0 Å². The third kappa shape index (κ3) is 3.17. The van der Waals surface area contributed by atoms with E-state index in [1.54, 1.807) is 12.4 Å². The lowest BCUT2D eigenvalue weighted by Crippen LogP contribution is -2.32. The van der Waals surface area contributed by atoms with Gasteiger partial charge in [0.2, 0.25) is 0 Å². The van der Waals surface area contributed by atoms with Gasteiger partial charge in [-0.2, -0.15) is 0 Å². The first-order valence-corrected chi connectivity index (χ1v) is 9.11. The van der Waals surface area contributed by atoms with Gasteiger partial charge in [0.05, 0.1) is 0 Å². The molecule has 2 heterocycles. The van der Waals surface area contributed by atoms with E-state index in [4.69, 9.17) is 0 Å². The second-order valence-electron chi connectivity index (χ2n) is 6.78. The van der Waals surface area contributed by atoms with Gasteiger partial charge in [-0.3, -0.25) is 0 Å². The zero-order valence-electron chi connectivity index (χ0n) is 15.9. The normalized spacial score (nSPS) is 11.4. The second kappa shape index (κ2) is 7.29. The number of hydrogen-bond acceptors (Lipinski definition) is 3. The Morgan fingerprint density at radius 1 is 0.786 bits per heavy atom. The van der Waals surface area contributed by atoms with E-state index in [0.717, 1.165) is 16.7 Å². The zero-order valence-corrected chi connectivity index (χ0v) is 15.9. The molecule has 0 bridgehead atoms. The van der Waals surface area contributed by atoms with E-state index in [-0.39, 0.29) is 0 Å². The molecule has 0 aliphatic rings. The Hall–Kier alpha value is -3.44. The molecule has 0 radical (unpaired) electrons. The summed E-state index contributed by atoms with van der Waals surface area (Å²) >= 11 is 0. The minimum absolute atomic E-state index is 0.506. The van der Waals surface area contributed by atoms with Gasteiger partial charge in [0, 0.05) is 38.9 Å². The molecule has 140 valence electrons. The van der Waals surface area contributed by atoms with Crippen LogP contribution in [0, 0.1) is 0 Å². The lowest BCUT2D eigenvalue weighted by Gasteiger charge is -2.25. The molecule has 5 heteroatoms. The Balaban J connectivity index is 2.00. The minimum atomic E-state index is -1.50. The van der Waals surface area contributed by atoms with Crippen LogP contribution in [-0.4, -0.2) is 24.2 Å². The summed E-state index contributed by atoms with van der Waals surface area (Å²) in [7, 11) is 3.74. The standard InChI is InChI=1S/C23H22N4O/c1-26-15-13-24-21(26)23(28,22-25-14-16-27(22)2)17-20(18-9-5-3-6-10-18)19-11-7-4-8-12-19/h3-17,28H,1-2H3. The highest BCUT2D eigenvalue weighted by molar-refractivity contribution is 5.80. The number of hydrogen-bond donors (Lipinski definition) is 1. The molecular weight excluding hydrogens is 348 g/mol. The second-order valence-corrected chi connectivity index (χ2v) is 6.78. The molecule has 0 atom stereocenters. The van der Waals surface area contributed by atoms with Crippen molar-refractivity contribution in [1.29, 1.82) is 0 Å². The van der Waals surface area contributed by atoms with Gasteiger partial charge in [0.25, 0.3) is 0 Å². The maximum Gasteiger partial charge on any atom is 0.200 e. The largest absolute Gasteiger partial charge is 0.371 e. The number of aliphatic hydroxyl groups is 1. The van der Waals surface area contributed by atoms with Crippen LogP contribution in [-0.2, 0) is 19.7 Å². The minimum Gasteiger partial charge on any atom is -0.371 e. The molecule has 28 heavy (non-hydrogen) atoms. The Kier molecular flexibility index (Phi) is 4.67. The fourth-order valence-corrected chi connectivity index (χ4v) is 3.47. The van der Waals surface area contributed by atoms with E-state index in [1.165, 1.54) is 0 Å². The lowest BCUT2D eigenvalue weighted by molar-refractivity contribution is 0.108. The molecule has 4 rings (SSSR count). The molecule has 0 aliphatic heterocycles. The highest BCUT2D eigenvalue weighted by Gasteiger charge is 2.38. The van der Waals surface area contributed by atoms with Gasteiger partial charge in [0.1, 0.15) is 0 Å². The molecule has 1 N–H and O–H groups in total. The summed E-state index contributed by atoms with van der Waals surface area (Å²) in [5, 5.41) is 11.9. The first-order valence-electron chi connectivity index (χ1n) is 9.11. The van der Waals surface area contributed by atoms with Crippen LogP contribution in [0.15, 0.2) is 91.5 Å². The topological polar surface area (TPSA) is 55.9 Å². The summed E-state index contributed by atoms with van der Waals surface area (Å²) in [5.41, 5.74) is 1.43. The maximum absolute atomic E-state index is 11.9. The average molecular weight is 370 g/mol. The number of benzene rings is 2. The van der Waals surface area contributed by atoms with E-state index in [9.17, 15) is 5.11 Å². The van der Waals surface area contributed by atoms with Crippen LogP contribution < -0.4 is 0 Å². The van der Waals surface area contributed by atoms with Crippen molar-refractivity contribution in [2.24, 2.45) is 14.1 Å². The molecular formula is C23H22N4O. The van der Waals surface area contributed by atoms with Gasteiger partial charge in [0.15, 0.2) is 17.2 Å². The zero-order chi connectivity index (χ0) is 19.6. The van der Waals surface area contributed by atoms with Gasteiger partial charge in [-0.25, -0.2) is 9.97 Å². The predicted octanol–water partition coefficient (Wildman–Crippen LogP) is 3.52. The number of aryl methyl sites for hydroxylation is 2. The van der Waals surface area contributed by atoms with Gasteiger partial charge in [-0.1, -0.05) is 60.7 Å². The molecule has 0 unspecified atom stereocenters. The molecule has 0 fully saturated rings. The van der Waals surface area contributed by atoms with E-state index < -0.39 is 5.60 Å². The Labute approximate surface area is 164 Å². The quantitative estimate of drug-likeness (QED) is 0.585. The summed E-state index contributed by atoms with van der Waals surface area (Å²) < 4.78 is 3.64. The van der Waals surface area contributed by atoms with E-state index in [0.29, 0.717) is 11.6 Å². The van der Waals surface area contributed by atoms with Crippen LogP contribution >= 0.6 is 0 Å². The van der Waals surface area contributed by atoms with E-state index >= 15 is 0 Å². The van der Waals surface area contributed by atoms with Crippen molar-refractivity contribution in [1.82, 2.24) is 19.1 Å². The molecule has 0 aliphatic carbocycles. The van der Waals surface area contributed by atoms with Crippen molar-refractivity contribution in [3.05, 3.63) is 114 Å². The predicted molar refractivity (Wildman–Crippen MR) is 109 cm³/mol. The molecule has 0 saturated heterocycles. The number of imidazole rings is 2. The molecule has 2 aromatic carbocycles. The van der Waals surface area contributed by atoms with Gasteiger partial charge < -0.3 is 14.2 Å². The SMILES string of the molecule is Cn1ccnc1C(O)(C=C(c1ccccc1)c1ccccc1)c1nccn1C.